The Morgan fingerprint density at radius 1 is 1.33 bits per heavy atom. The number of hydrogen-bond acceptors (Lipinski definition) is 3. The molecule has 3 nitrogen and oxygen atoms in total. The highest BCUT2D eigenvalue weighted by Crippen LogP contribution is 2.33. The zero-order valence-corrected chi connectivity index (χ0v) is 13.0. The molecule has 1 atom stereocenters. The average molecular weight is 284 g/mol. The van der Waals surface area contributed by atoms with Crippen LogP contribution in [0, 0.1) is 6.92 Å². The molecule has 0 radical (unpaired) electrons. The van der Waals surface area contributed by atoms with E-state index in [2.05, 4.69) is 54.2 Å². The molecular formula is C18H24N2O. The lowest BCUT2D eigenvalue weighted by Crippen LogP contribution is -2.23. The average Bonchev–Trinajstić information content (AvgIpc) is 3.08. The predicted octanol–water partition coefficient (Wildman–Crippen LogP) is 4.27. The minimum atomic E-state index is 0.417. The van der Waals surface area contributed by atoms with Gasteiger partial charge in [0, 0.05) is 19.0 Å². The summed E-state index contributed by atoms with van der Waals surface area (Å²) >= 11 is 0. The van der Waals surface area contributed by atoms with E-state index in [4.69, 9.17) is 4.52 Å². The summed E-state index contributed by atoms with van der Waals surface area (Å²) in [5.41, 5.74) is 3.83. The lowest BCUT2D eigenvalue weighted by atomic mass is 10.1. The molecule has 1 aliphatic heterocycles. The first-order chi connectivity index (χ1) is 10.3. The Balaban J connectivity index is 1.72. The van der Waals surface area contributed by atoms with Crippen LogP contribution < -0.4 is 0 Å². The van der Waals surface area contributed by atoms with Crippen LogP contribution in [0.3, 0.4) is 0 Å². The number of rotatable bonds is 5. The van der Waals surface area contributed by atoms with Gasteiger partial charge in [0.05, 0.1) is 6.04 Å². The van der Waals surface area contributed by atoms with Gasteiger partial charge < -0.3 is 4.52 Å². The quantitative estimate of drug-likeness (QED) is 0.821. The van der Waals surface area contributed by atoms with Crippen molar-refractivity contribution in [1.82, 2.24) is 10.1 Å². The van der Waals surface area contributed by atoms with Crippen molar-refractivity contribution in [3.63, 3.8) is 0 Å². The molecule has 3 rings (SSSR count). The van der Waals surface area contributed by atoms with Crippen molar-refractivity contribution in [3.8, 4) is 0 Å². The molecule has 2 heterocycles. The van der Waals surface area contributed by atoms with Crippen molar-refractivity contribution < 1.29 is 4.52 Å². The van der Waals surface area contributed by atoms with E-state index in [0.717, 1.165) is 37.4 Å². The van der Waals surface area contributed by atoms with Crippen molar-refractivity contribution in [1.29, 1.82) is 0 Å². The lowest BCUT2D eigenvalue weighted by Gasteiger charge is -2.22. The maximum atomic E-state index is 5.46. The van der Waals surface area contributed by atoms with Gasteiger partial charge in [-0.05, 0) is 38.3 Å². The summed E-state index contributed by atoms with van der Waals surface area (Å²) in [4.78, 5) is 2.53. The molecule has 0 aliphatic carbocycles. The molecule has 0 spiro atoms. The van der Waals surface area contributed by atoms with Gasteiger partial charge in [-0.3, -0.25) is 4.90 Å². The van der Waals surface area contributed by atoms with E-state index < -0.39 is 0 Å². The Morgan fingerprint density at radius 3 is 3.05 bits per heavy atom. The molecule has 0 bridgehead atoms. The van der Waals surface area contributed by atoms with Crippen molar-refractivity contribution in [2.75, 3.05) is 6.54 Å². The highest BCUT2D eigenvalue weighted by Gasteiger charge is 2.28. The van der Waals surface area contributed by atoms with Gasteiger partial charge in [0.15, 0.2) is 0 Å². The molecule has 1 aromatic carbocycles. The van der Waals surface area contributed by atoms with Crippen LogP contribution in [0.2, 0.25) is 0 Å². The van der Waals surface area contributed by atoms with Gasteiger partial charge >= 0.3 is 0 Å². The molecule has 21 heavy (non-hydrogen) atoms. The van der Waals surface area contributed by atoms with Crippen LogP contribution in [0.5, 0.6) is 0 Å². The van der Waals surface area contributed by atoms with E-state index in [-0.39, 0.29) is 0 Å². The van der Waals surface area contributed by atoms with Crippen LogP contribution >= 0.6 is 0 Å². The number of nitrogens with zero attached hydrogens (tertiary/aromatic N) is 2. The summed E-state index contributed by atoms with van der Waals surface area (Å²) < 4.78 is 5.46. The number of benzene rings is 1. The second-order valence-corrected chi connectivity index (χ2v) is 6.09. The molecule has 0 amide bonds. The fourth-order valence-electron chi connectivity index (χ4n) is 3.25. The molecule has 112 valence electrons. The smallest absolute Gasteiger partial charge is 0.137 e. The fraction of sp³-hybridized carbons (Fsp3) is 0.500. The maximum absolute atomic E-state index is 5.46. The molecule has 0 saturated carbocycles. The Kier molecular flexibility index (Phi) is 4.39. The maximum Gasteiger partial charge on any atom is 0.137 e. The van der Waals surface area contributed by atoms with Gasteiger partial charge in [-0.1, -0.05) is 41.9 Å². The SMILES string of the molecule is CCCc1cc([C@@H]2CCCN2Cc2cccc(C)c2)no1. The zero-order chi connectivity index (χ0) is 14.7. The molecule has 2 aromatic rings. The summed E-state index contributed by atoms with van der Waals surface area (Å²) in [7, 11) is 0. The number of likely N-dealkylation sites (tertiary alicyclic amines) is 1. The molecule has 0 N–H and O–H groups in total. The van der Waals surface area contributed by atoms with Gasteiger partial charge in [0.1, 0.15) is 11.5 Å². The first kappa shape index (κ1) is 14.3. The minimum absolute atomic E-state index is 0.417. The topological polar surface area (TPSA) is 29.3 Å². The summed E-state index contributed by atoms with van der Waals surface area (Å²) in [6.07, 6.45) is 4.51. The number of aromatic nitrogens is 1. The Morgan fingerprint density at radius 2 is 2.24 bits per heavy atom. The second-order valence-electron chi connectivity index (χ2n) is 6.09. The molecule has 3 heteroatoms. The van der Waals surface area contributed by atoms with E-state index in [1.165, 1.54) is 24.0 Å². The molecule has 1 fully saturated rings. The second kappa shape index (κ2) is 6.44. The normalized spacial score (nSPS) is 19.2. The number of hydrogen-bond donors (Lipinski definition) is 0. The third kappa shape index (κ3) is 3.35. The highest BCUT2D eigenvalue weighted by atomic mass is 16.5. The van der Waals surface area contributed by atoms with Crippen molar-refractivity contribution in [2.45, 2.75) is 52.1 Å². The predicted molar refractivity (Wildman–Crippen MR) is 84.1 cm³/mol. The van der Waals surface area contributed by atoms with Gasteiger partial charge in [-0.15, -0.1) is 0 Å². The van der Waals surface area contributed by atoms with Crippen LogP contribution in [-0.2, 0) is 13.0 Å². The van der Waals surface area contributed by atoms with Crippen LogP contribution in [0.1, 0.15) is 54.8 Å². The van der Waals surface area contributed by atoms with Crippen LogP contribution in [0.25, 0.3) is 0 Å². The fourth-order valence-corrected chi connectivity index (χ4v) is 3.25. The molecule has 0 unspecified atom stereocenters. The van der Waals surface area contributed by atoms with E-state index in [1.54, 1.807) is 0 Å². The summed E-state index contributed by atoms with van der Waals surface area (Å²) in [6.45, 7) is 6.47. The molecular weight excluding hydrogens is 260 g/mol. The monoisotopic (exact) mass is 284 g/mol. The van der Waals surface area contributed by atoms with E-state index >= 15 is 0 Å². The van der Waals surface area contributed by atoms with Crippen molar-refractivity contribution in [3.05, 3.63) is 52.9 Å². The Hall–Kier alpha value is -1.61. The first-order valence-electron chi connectivity index (χ1n) is 8.01. The van der Waals surface area contributed by atoms with Crippen molar-refractivity contribution in [2.24, 2.45) is 0 Å². The van der Waals surface area contributed by atoms with Gasteiger partial charge in [0.25, 0.3) is 0 Å². The van der Waals surface area contributed by atoms with Crippen LogP contribution in [0.15, 0.2) is 34.9 Å². The molecule has 1 aliphatic rings. The minimum Gasteiger partial charge on any atom is -0.361 e. The standard InChI is InChI=1S/C18H24N2O/c1-3-6-16-12-17(19-21-16)18-9-5-10-20(18)13-15-8-4-7-14(2)11-15/h4,7-8,11-12,18H,3,5-6,9-10,13H2,1-2H3/t18-/m0/s1. The van der Waals surface area contributed by atoms with E-state index in [1.807, 2.05) is 0 Å². The van der Waals surface area contributed by atoms with Crippen LogP contribution in [-0.4, -0.2) is 16.6 Å². The Labute approximate surface area is 126 Å². The van der Waals surface area contributed by atoms with Crippen LogP contribution in [0.4, 0.5) is 0 Å². The lowest BCUT2D eigenvalue weighted by molar-refractivity contribution is 0.236. The summed E-state index contributed by atoms with van der Waals surface area (Å²) in [5, 5.41) is 4.31. The van der Waals surface area contributed by atoms with Gasteiger partial charge in [0.2, 0.25) is 0 Å². The van der Waals surface area contributed by atoms with Gasteiger partial charge in [-0.25, -0.2) is 0 Å². The Bertz CT molecular complexity index is 590. The number of aryl methyl sites for hydroxylation is 2. The summed E-state index contributed by atoms with van der Waals surface area (Å²) in [5.74, 6) is 1.02. The first-order valence-corrected chi connectivity index (χ1v) is 8.01. The third-order valence-electron chi connectivity index (χ3n) is 4.25. The molecule has 1 saturated heterocycles. The third-order valence-corrected chi connectivity index (χ3v) is 4.25. The summed E-state index contributed by atoms with van der Waals surface area (Å²) in [6, 6.07) is 11.4. The van der Waals surface area contributed by atoms with E-state index in [0.29, 0.717) is 6.04 Å². The highest BCUT2D eigenvalue weighted by molar-refractivity contribution is 5.23. The largest absolute Gasteiger partial charge is 0.361 e. The van der Waals surface area contributed by atoms with Crippen molar-refractivity contribution >= 4 is 0 Å². The zero-order valence-electron chi connectivity index (χ0n) is 13.0. The van der Waals surface area contributed by atoms with Gasteiger partial charge in [-0.2, -0.15) is 0 Å². The molecule has 1 aromatic heterocycles. The van der Waals surface area contributed by atoms with E-state index in [9.17, 15) is 0 Å².